The van der Waals surface area contributed by atoms with Gasteiger partial charge in [0.2, 0.25) is 0 Å². The van der Waals surface area contributed by atoms with E-state index in [0.29, 0.717) is 50.9 Å². The van der Waals surface area contributed by atoms with Crippen LogP contribution in [0.2, 0.25) is 0 Å². The largest absolute Gasteiger partial charge is 0.496 e. The van der Waals surface area contributed by atoms with Crippen LogP contribution < -0.4 is 24.4 Å². The number of allylic oxidation sites excluding steroid dienone is 1. The Hall–Kier alpha value is -3.17. The van der Waals surface area contributed by atoms with Crippen molar-refractivity contribution < 1.29 is 19.0 Å². The van der Waals surface area contributed by atoms with Gasteiger partial charge >= 0.3 is 5.97 Å². The maximum absolute atomic E-state index is 14.0. The molecular formula is C30H33BrN2O5S. The lowest BCUT2D eigenvalue weighted by molar-refractivity contribution is -0.139. The number of hydrogen-bond donors (Lipinski definition) is 0. The number of carbonyl (C=O) groups is 1. The maximum atomic E-state index is 14.0. The van der Waals surface area contributed by atoms with Gasteiger partial charge in [-0.1, -0.05) is 66.6 Å². The molecule has 0 N–H and O–H groups in total. The van der Waals surface area contributed by atoms with Gasteiger partial charge in [-0.2, -0.15) is 0 Å². The van der Waals surface area contributed by atoms with Crippen LogP contribution in [-0.4, -0.2) is 30.9 Å². The minimum absolute atomic E-state index is 0.214. The molecule has 1 aliphatic rings. The average Bonchev–Trinajstić information content (AvgIpc) is 3.22. The van der Waals surface area contributed by atoms with Crippen molar-refractivity contribution in [3.8, 4) is 11.5 Å². The highest BCUT2D eigenvalue weighted by molar-refractivity contribution is 9.10. The molecule has 206 valence electrons. The van der Waals surface area contributed by atoms with E-state index in [1.54, 1.807) is 18.6 Å². The molecule has 0 aliphatic carbocycles. The molecule has 1 atom stereocenters. The first kappa shape index (κ1) is 28.8. The molecule has 2 aromatic carbocycles. The smallest absolute Gasteiger partial charge is 0.338 e. The van der Waals surface area contributed by atoms with Gasteiger partial charge in [0.05, 0.1) is 36.1 Å². The number of rotatable bonds is 10. The van der Waals surface area contributed by atoms with Crippen LogP contribution >= 0.6 is 27.3 Å². The van der Waals surface area contributed by atoms with Crippen molar-refractivity contribution >= 4 is 39.3 Å². The molecule has 0 saturated carbocycles. The van der Waals surface area contributed by atoms with E-state index in [2.05, 4.69) is 29.8 Å². The molecule has 4 rings (SSSR count). The molecule has 3 aromatic rings. The fraction of sp³-hybridized carbons (Fsp3) is 0.367. The standard InChI is InChI=1S/C30H33BrN2O5S/c1-6-8-23-26(29(35)37-7-2)27(22-16-20(31)11-14-24(22)36-5)33-28(34)25(39-30(33)32-23)15-19-9-12-21(13-10-19)38-17-18(3)4/h9-16,18,27H,6-8,17H2,1-5H3/b25-15-/t27-/m1/s1. The van der Waals surface area contributed by atoms with E-state index < -0.39 is 12.0 Å². The summed E-state index contributed by atoms with van der Waals surface area (Å²) >= 11 is 4.85. The second-order valence-corrected chi connectivity index (χ2v) is 11.5. The van der Waals surface area contributed by atoms with Gasteiger partial charge in [-0.25, -0.2) is 9.79 Å². The van der Waals surface area contributed by atoms with E-state index in [4.69, 9.17) is 19.2 Å². The Morgan fingerprint density at radius 1 is 1.18 bits per heavy atom. The van der Waals surface area contributed by atoms with Crippen LogP contribution in [0, 0.1) is 5.92 Å². The fourth-order valence-electron chi connectivity index (χ4n) is 4.41. The first-order valence-electron chi connectivity index (χ1n) is 13.1. The summed E-state index contributed by atoms with van der Waals surface area (Å²) in [5.74, 6) is 1.30. The third-order valence-corrected chi connectivity index (χ3v) is 7.62. The van der Waals surface area contributed by atoms with E-state index in [0.717, 1.165) is 22.2 Å². The van der Waals surface area contributed by atoms with E-state index in [9.17, 15) is 9.59 Å². The number of fused-ring (bicyclic) bond motifs is 1. The van der Waals surface area contributed by atoms with Crippen LogP contribution in [0.1, 0.15) is 57.7 Å². The highest BCUT2D eigenvalue weighted by Crippen LogP contribution is 2.38. The third kappa shape index (κ3) is 6.36. The molecular weight excluding hydrogens is 580 g/mol. The van der Waals surface area contributed by atoms with Crippen molar-refractivity contribution in [3.05, 3.63) is 89.0 Å². The molecule has 7 nitrogen and oxygen atoms in total. The number of carbonyl (C=O) groups excluding carboxylic acids is 1. The van der Waals surface area contributed by atoms with Gasteiger partial charge in [-0.15, -0.1) is 0 Å². The summed E-state index contributed by atoms with van der Waals surface area (Å²) in [5.41, 5.74) is 2.30. The maximum Gasteiger partial charge on any atom is 0.338 e. The lowest BCUT2D eigenvalue weighted by atomic mass is 9.93. The zero-order chi connectivity index (χ0) is 28.1. The number of thiazole rings is 1. The van der Waals surface area contributed by atoms with E-state index in [-0.39, 0.29) is 12.2 Å². The van der Waals surface area contributed by atoms with Crippen molar-refractivity contribution in [1.29, 1.82) is 0 Å². The van der Waals surface area contributed by atoms with Crippen LogP contribution in [0.4, 0.5) is 0 Å². The number of esters is 1. The first-order chi connectivity index (χ1) is 18.8. The third-order valence-electron chi connectivity index (χ3n) is 6.14. The topological polar surface area (TPSA) is 79.1 Å². The van der Waals surface area contributed by atoms with Gasteiger partial charge in [-0.05, 0) is 61.2 Å². The predicted molar refractivity (Wildman–Crippen MR) is 157 cm³/mol. The van der Waals surface area contributed by atoms with Crippen molar-refractivity contribution in [2.45, 2.75) is 46.6 Å². The van der Waals surface area contributed by atoms with Crippen LogP contribution in [0.25, 0.3) is 6.08 Å². The van der Waals surface area contributed by atoms with Crippen LogP contribution in [-0.2, 0) is 9.53 Å². The molecule has 0 fully saturated rings. The molecule has 0 saturated heterocycles. The Morgan fingerprint density at radius 2 is 1.92 bits per heavy atom. The average molecular weight is 614 g/mol. The van der Waals surface area contributed by atoms with E-state index >= 15 is 0 Å². The fourth-order valence-corrected chi connectivity index (χ4v) is 5.81. The minimum Gasteiger partial charge on any atom is -0.496 e. The highest BCUT2D eigenvalue weighted by atomic mass is 79.9. The molecule has 1 aliphatic heterocycles. The number of benzene rings is 2. The van der Waals surface area contributed by atoms with Gasteiger partial charge in [0.25, 0.3) is 5.56 Å². The van der Waals surface area contributed by atoms with Crippen molar-refractivity contribution in [2.75, 3.05) is 20.3 Å². The van der Waals surface area contributed by atoms with Crippen molar-refractivity contribution in [3.63, 3.8) is 0 Å². The van der Waals surface area contributed by atoms with Gasteiger partial charge in [-0.3, -0.25) is 9.36 Å². The zero-order valence-electron chi connectivity index (χ0n) is 22.8. The summed E-state index contributed by atoms with van der Waals surface area (Å²) in [6.45, 7) is 8.85. The Kier molecular flexibility index (Phi) is 9.45. The van der Waals surface area contributed by atoms with Crippen molar-refractivity contribution in [2.24, 2.45) is 10.9 Å². The van der Waals surface area contributed by atoms with Gasteiger partial charge < -0.3 is 14.2 Å². The number of hydrogen-bond acceptors (Lipinski definition) is 7. The van der Waals surface area contributed by atoms with Gasteiger partial charge in [0.1, 0.15) is 17.5 Å². The number of halogens is 1. The quantitative estimate of drug-likeness (QED) is 0.287. The van der Waals surface area contributed by atoms with Gasteiger partial charge in [0.15, 0.2) is 4.80 Å². The Morgan fingerprint density at radius 3 is 2.56 bits per heavy atom. The Bertz CT molecular complexity index is 1550. The molecule has 0 bridgehead atoms. The van der Waals surface area contributed by atoms with Crippen molar-refractivity contribution in [1.82, 2.24) is 4.57 Å². The number of nitrogens with zero attached hydrogens (tertiary/aromatic N) is 2. The Labute approximate surface area is 240 Å². The second-order valence-electron chi connectivity index (χ2n) is 9.57. The molecule has 9 heteroatoms. The summed E-state index contributed by atoms with van der Waals surface area (Å²) in [5, 5.41) is 0. The second kappa shape index (κ2) is 12.8. The Balaban J connectivity index is 1.91. The number of ether oxygens (including phenoxy) is 3. The normalized spacial score (nSPS) is 15.3. The summed E-state index contributed by atoms with van der Waals surface area (Å²) in [4.78, 5) is 32.7. The van der Waals surface area contributed by atoms with Crippen LogP contribution in [0.5, 0.6) is 11.5 Å². The molecule has 0 spiro atoms. The summed E-state index contributed by atoms with van der Waals surface area (Å²) < 4.78 is 19.9. The van der Waals surface area contributed by atoms with Crippen LogP contribution in [0.3, 0.4) is 0 Å². The molecule has 39 heavy (non-hydrogen) atoms. The van der Waals surface area contributed by atoms with Gasteiger partial charge in [0, 0.05) is 10.0 Å². The molecule has 1 aromatic heterocycles. The summed E-state index contributed by atoms with van der Waals surface area (Å²) in [6, 6.07) is 12.5. The molecule has 2 heterocycles. The predicted octanol–water partition coefficient (Wildman–Crippen LogP) is 5.38. The van der Waals surface area contributed by atoms with E-state index in [1.165, 1.54) is 11.3 Å². The monoisotopic (exact) mass is 612 g/mol. The lowest BCUT2D eigenvalue weighted by Gasteiger charge is -2.27. The number of methoxy groups -OCH3 is 1. The minimum atomic E-state index is -0.747. The molecule has 0 radical (unpaired) electrons. The SMILES string of the molecule is CCCC1=C(C(=O)OCC)[C@@H](c2cc(Br)ccc2OC)n2c(s/c(=C\c3ccc(OCC(C)C)cc3)c2=O)=N1. The first-order valence-corrected chi connectivity index (χ1v) is 14.7. The van der Waals surface area contributed by atoms with E-state index in [1.807, 2.05) is 55.5 Å². The van der Waals surface area contributed by atoms with Crippen LogP contribution in [0.15, 0.2) is 68.0 Å². The molecule has 0 unspecified atom stereocenters. The molecule has 0 amide bonds. The summed E-state index contributed by atoms with van der Waals surface area (Å²) in [6.07, 6.45) is 3.20. The zero-order valence-corrected chi connectivity index (χ0v) is 25.2. The summed E-state index contributed by atoms with van der Waals surface area (Å²) in [7, 11) is 1.58. The highest BCUT2D eigenvalue weighted by Gasteiger charge is 2.36. The lowest BCUT2D eigenvalue weighted by Crippen LogP contribution is -2.40. The number of aromatic nitrogens is 1.